The average molecular weight is 320 g/mol. The lowest BCUT2D eigenvalue weighted by atomic mass is 10.2. The number of alkyl halides is 3. The third-order valence-corrected chi connectivity index (χ3v) is 3.07. The third kappa shape index (κ3) is 4.57. The Morgan fingerprint density at radius 3 is 2.91 bits per heavy atom. The molecule has 1 aromatic rings. The van der Waals surface area contributed by atoms with Gasteiger partial charge in [0.25, 0.3) is 11.5 Å². The molecule has 1 saturated heterocycles. The van der Waals surface area contributed by atoms with Crippen LogP contribution < -0.4 is 10.9 Å². The van der Waals surface area contributed by atoms with Gasteiger partial charge in [0.05, 0.1) is 18.3 Å². The Bertz CT molecular complexity index is 579. The van der Waals surface area contributed by atoms with Crippen molar-refractivity contribution >= 4 is 11.6 Å². The molecule has 1 unspecified atom stereocenters. The van der Waals surface area contributed by atoms with Crippen molar-refractivity contribution in [3.8, 4) is 0 Å². The van der Waals surface area contributed by atoms with Gasteiger partial charge in [0.2, 0.25) is 0 Å². The van der Waals surface area contributed by atoms with E-state index >= 15 is 0 Å². The van der Waals surface area contributed by atoms with Gasteiger partial charge >= 0.3 is 6.18 Å². The second kappa shape index (κ2) is 6.93. The summed E-state index contributed by atoms with van der Waals surface area (Å²) in [6.07, 6.45) is -2.36. The molecule has 1 aliphatic rings. The van der Waals surface area contributed by atoms with E-state index in [-0.39, 0.29) is 19.3 Å². The normalized spacial score (nSPS) is 18.4. The van der Waals surface area contributed by atoms with Crippen LogP contribution in [0.15, 0.2) is 17.1 Å². The number of ether oxygens (including phenoxy) is 2. The molecule has 1 aromatic heterocycles. The number of H-pyrrole nitrogens is 1. The highest BCUT2D eigenvalue weighted by Gasteiger charge is 2.31. The van der Waals surface area contributed by atoms with Crippen molar-refractivity contribution in [1.29, 1.82) is 0 Å². The molecule has 1 aliphatic heterocycles. The number of nitrogens with one attached hydrogen (secondary N) is 2. The summed E-state index contributed by atoms with van der Waals surface area (Å²) in [6, 6.07) is 0.580. The second-order valence-electron chi connectivity index (χ2n) is 4.83. The molecule has 1 amide bonds. The van der Waals surface area contributed by atoms with Crippen molar-refractivity contribution in [3.05, 3.63) is 28.2 Å². The highest BCUT2D eigenvalue weighted by molar-refractivity contribution is 5.91. The van der Waals surface area contributed by atoms with Crippen molar-refractivity contribution in [1.82, 2.24) is 4.98 Å². The summed E-state index contributed by atoms with van der Waals surface area (Å²) < 4.78 is 48.0. The van der Waals surface area contributed by atoms with E-state index < -0.39 is 28.9 Å². The van der Waals surface area contributed by atoms with E-state index in [0.717, 1.165) is 12.8 Å². The zero-order chi connectivity index (χ0) is 16.2. The summed E-state index contributed by atoms with van der Waals surface area (Å²) >= 11 is 0. The van der Waals surface area contributed by atoms with E-state index in [9.17, 15) is 22.8 Å². The lowest BCUT2D eigenvalue weighted by Gasteiger charge is -2.11. The predicted octanol–water partition coefficient (Wildman–Crippen LogP) is 1.53. The van der Waals surface area contributed by atoms with Gasteiger partial charge in [-0.25, -0.2) is 0 Å². The highest BCUT2D eigenvalue weighted by atomic mass is 19.4. The zero-order valence-electron chi connectivity index (χ0n) is 11.5. The van der Waals surface area contributed by atoms with E-state index in [1.807, 2.05) is 4.98 Å². The second-order valence-corrected chi connectivity index (χ2v) is 4.83. The number of halogens is 3. The number of pyridine rings is 1. The van der Waals surface area contributed by atoms with E-state index in [1.165, 1.54) is 0 Å². The topological polar surface area (TPSA) is 80.4 Å². The molecule has 9 heteroatoms. The van der Waals surface area contributed by atoms with Crippen LogP contribution in [0.1, 0.15) is 18.4 Å². The number of rotatable bonds is 5. The third-order valence-electron chi connectivity index (χ3n) is 3.07. The van der Waals surface area contributed by atoms with Crippen LogP contribution >= 0.6 is 0 Å². The van der Waals surface area contributed by atoms with E-state index in [1.54, 1.807) is 0 Å². The summed E-state index contributed by atoms with van der Waals surface area (Å²) in [5.41, 5.74) is -2.34. The van der Waals surface area contributed by atoms with Crippen molar-refractivity contribution in [3.63, 3.8) is 0 Å². The monoisotopic (exact) mass is 320 g/mol. The molecule has 1 fully saturated rings. The van der Waals surface area contributed by atoms with Crippen LogP contribution in [0.25, 0.3) is 0 Å². The molecule has 0 aliphatic carbocycles. The van der Waals surface area contributed by atoms with E-state index in [0.29, 0.717) is 18.9 Å². The first-order chi connectivity index (χ1) is 10.4. The van der Waals surface area contributed by atoms with Crippen LogP contribution in [-0.4, -0.2) is 36.8 Å². The molecular weight excluding hydrogens is 305 g/mol. The lowest BCUT2D eigenvalue weighted by Crippen LogP contribution is -2.26. The molecular formula is C13H15F3N2O4. The van der Waals surface area contributed by atoms with Gasteiger partial charge in [0.1, 0.15) is 12.3 Å². The van der Waals surface area contributed by atoms with Crippen molar-refractivity contribution in [2.75, 3.05) is 25.1 Å². The quantitative estimate of drug-likeness (QED) is 0.862. The molecule has 0 saturated carbocycles. The van der Waals surface area contributed by atoms with E-state index in [2.05, 4.69) is 5.32 Å². The maximum absolute atomic E-state index is 12.5. The Kier molecular flexibility index (Phi) is 5.19. The standard InChI is InChI=1S/C13H15F3N2O4/c14-13(15,16)8-4-10(12(20)17-5-8)18-11(19)7-21-6-9-2-1-3-22-9/h4-5,9H,1-3,6-7H2,(H,17,20)(H,18,19). The number of hydrogen-bond donors (Lipinski definition) is 2. The first-order valence-electron chi connectivity index (χ1n) is 6.65. The number of hydrogen-bond acceptors (Lipinski definition) is 4. The summed E-state index contributed by atoms with van der Waals surface area (Å²) in [5.74, 6) is -0.706. The Morgan fingerprint density at radius 1 is 1.50 bits per heavy atom. The largest absolute Gasteiger partial charge is 0.417 e. The summed E-state index contributed by atoms with van der Waals surface area (Å²) in [4.78, 5) is 24.9. The van der Waals surface area contributed by atoms with Crippen molar-refractivity contribution in [2.45, 2.75) is 25.1 Å². The maximum Gasteiger partial charge on any atom is 0.417 e. The minimum absolute atomic E-state index is 0.0650. The van der Waals surface area contributed by atoms with Gasteiger partial charge in [0, 0.05) is 12.8 Å². The summed E-state index contributed by atoms with van der Waals surface area (Å²) in [5, 5.41) is 2.10. The molecule has 2 heterocycles. The molecule has 122 valence electrons. The summed E-state index contributed by atoms with van der Waals surface area (Å²) in [6.45, 7) is 0.516. The van der Waals surface area contributed by atoms with Gasteiger partial charge in [-0.05, 0) is 18.9 Å². The Hall–Kier alpha value is -1.87. The molecule has 22 heavy (non-hydrogen) atoms. The number of aromatic nitrogens is 1. The lowest BCUT2D eigenvalue weighted by molar-refractivity contribution is -0.137. The van der Waals surface area contributed by atoms with Crippen LogP contribution in [0.3, 0.4) is 0 Å². The molecule has 0 spiro atoms. The predicted molar refractivity (Wildman–Crippen MR) is 70.5 cm³/mol. The molecule has 0 aromatic carbocycles. The Balaban J connectivity index is 1.89. The fourth-order valence-corrected chi connectivity index (χ4v) is 1.99. The Labute approximate surface area is 123 Å². The SMILES string of the molecule is O=C(COCC1CCCO1)Nc1cc(C(F)(F)F)c[nH]c1=O. The van der Waals surface area contributed by atoms with Crippen LogP contribution in [-0.2, 0) is 20.4 Å². The number of carbonyl (C=O) groups excluding carboxylic acids is 1. The zero-order valence-corrected chi connectivity index (χ0v) is 11.5. The van der Waals surface area contributed by atoms with E-state index in [4.69, 9.17) is 9.47 Å². The van der Waals surface area contributed by atoms with Gasteiger partial charge < -0.3 is 19.8 Å². The number of anilines is 1. The fourth-order valence-electron chi connectivity index (χ4n) is 1.99. The first kappa shape index (κ1) is 16.5. The average Bonchev–Trinajstić information content (AvgIpc) is 2.93. The van der Waals surface area contributed by atoms with Crippen LogP contribution in [0.2, 0.25) is 0 Å². The summed E-state index contributed by atoms with van der Waals surface area (Å²) in [7, 11) is 0. The molecule has 0 radical (unpaired) electrons. The smallest absolute Gasteiger partial charge is 0.376 e. The molecule has 1 atom stereocenters. The van der Waals surface area contributed by atoms with Crippen molar-refractivity contribution in [2.24, 2.45) is 0 Å². The van der Waals surface area contributed by atoms with Gasteiger partial charge in [-0.1, -0.05) is 0 Å². The number of carbonyl (C=O) groups is 1. The van der Waals surface area contributed by atoms with Gasteiger partial charge in [0.15, 0.2) is 0 Å². The minimum atomic E-state index is -4.61. The number of aromatic amines is 1. The molecule has 0 bridgehead atoms. The van der Waals surface area contributed by atoms with Crippen LogP contribution in [0.5, 0.6) is 0 Å². The van der Waals surface area contributed by atoms with Crippen LogP contribution in [0.4, 0.5) is 18.9 Å². The van der Waals surface area contributed by atoms with Crippen molar-refractivity contribution < 1.29 is 27.4 Å². The Morgan fingerprint density at radius 2 is 2.27 bits per heavy atom. The molecule has 2 rings (SSSR count). The highest BCUT2D eigenvalue weighted by Crippen LogP contribution is 2.29. The minimum Gasteiger partial charge on any atom is -0.376 e. The molecule has 2 N–H and O–H groups in total. The van der Waals surface area contributed by atoms with Crippen LogP contribution in [0, 0.1) is 0 Å². The van der Waals surface area contributed by atoms with Gasteiger partial charge in [-0.2, -0.15) is 13.2 Å². The van der Waals surface area contributed by atoms with Gasteiger partial charge in [-0.15, -0.1) is 0 Å². The van der Waals surface area contributed by atoms with Gasteiger partial charge in [-0.3, -0.25) is 9.59 Å². The maximum atomic E-state index is 12.5. The first-order valence-corrected chi connectivity index (χ1v) is 6.65. The fraction of sp³-hybridized carbons (Fsp3) is 0.538. The molecule has 6 nitrogen and oxygen atoms in total. The number of amides is 1.